The lowest BCUT2D eigenvalue weighted by Crippen LogP contribution is -2.33. The molecule has 1 nitrogen and oxygen atoms in total. The first-order valence-corrected chi connectivity index (χ1v) is 10.5. The van der Waals surface area contributed by atoms with Crippen molar-refractivity contribution in [2.24, 2.45) is 17.8 Å². The fraction of sp³-hybridized carbons (Fsp3) is 0.360. The van der Waals surface area contributed by atoms with Crippen LogP contribution in [-0.4, -0.2) is 7.11 Å². The molecule has 1 aliphatic rings. The molecule has 0 aromatic heterocycles. The maximum atomic E-state index is 6.69. The molecule has 0 heterocycles. The van der Waals surface area contributed by atoms with Gasteiger partial charge in [-0.05, 0) is 60.1 Å². The summed E-state index contributed by atoms with van der Waals surface area (Å²) in [5.41, 5.74) is 3.62. The molecule has 1 aliphatic carbocycles. The predicted molar refractivity (Wildman–Crippen MR) is 121 cm³/mol. The second-order valence-electron chi connectivity index (χ2n) is 8.07. The van der Waals surface area contributed by atoms with E-state index in [9.17, 15) is 0 Å². The summed E-state index contributed by atoms with van der Waals surface area (Å²) in [5.74, 6) is 2.50. The lowest BCUT2D eigenvalue weighted by atomic mass is 9.61. The van der Waals surface area contributed by atoms with Gasteiger partial charge in [0.1, 0.15) is 5.75 Å². The Hall–Kier alpha value is -1.70. The largest absolute Gasteiger partial charge is 0.497 e. The molecule has 3 rings (SSSR count). The molecule has 0 aliphatic heterocycles. The summed E-state index contributed by atoms with van der Waals surface area (Å²) in [6.07, 6.45) is 4.63. The predicted octanol–water partition coefficient (Wildman–Crippen LogP) is 7.90. The highest BCUT2D eigenvalue weighted by atomic mass is 35.5. The number of halogens is 2. The van der Waals surface area contributed by atoms with E-state index in [-0.39, 0.29) is 11.8 Å². The summed E-state index contributed by atoms with van der Waals surface area (Å²) in [6, 6.07) is 14.3. The monoisotopic (exact) mass is 414 g/mol. The van der Waals surface area contributed by atoms with Crippen molar-refractivity contribution in [2.75, 3.05) is 7.11 Å². The Kier molecular flexibility index (Phi) is 6.58. The van der Waals surface area contributed by atoms with E-state index in [1.165, 1.54) is 11.1 Å². The van der Waals surface area contributed by atoms with Crippen LogP contribution in [0.5, 0.6) is 5.75 Å². The van der Waals surface area contributed by atoms with Crippen LogP contribution in [-0.2, 0) is 0 Å². The van der Waals surface area contributed by atoms with Gasteiger partial charge in [0.05, 0.1) is 7.11 Å². The van der Waals surface area contributed by atoms with E-state index >= 15 is 0 Å². The van der Waals surface area contributed by atoms with Gasteiger partial charge in [-0.25, -0.2) is 0 Å². The lowest BCUT2D eigenvalue weighted by Gasteiger charge is -2.43. The van der Waals surface area contributed by atoms with Gasteiger partial charge < -0.3 is 4.74 Å². The van der Waals surface area contributed by atoms with Gasteiger partial charge in [0, 0.05) is 21.9 Å². The summed E-state index contributed by atoms with van der Waals surface area (Å²) in [7, 11) is 1.66. The van der Waals surface area contributed by atoms with Gasteiger partial charge in [-0.3, -0.25) is 0 Å². The minimum atomic E-state index is 0.183. The van der Waals surface area contributed by atoms with Crippen molar-refractivity contribution in [3.63, 3.8) is 0 Å². The van der Waals surface area contributed by atoms with Gasteiger partial charge in [0.15, 0.2) is 0 Å². The SMILES string of the molecule is C=C(C)C1C=CC(c2ccc(OC)cc2Cl)C(c2ccc(Cl)cc2)C1C(C)C. The third-order valence-electron chi connectivity index (χ3n) is 5.90. The molecule has 148 valence electrons. The van der Waals surface area contributed by atoms with Gasteiger partial charge in [-0.15, -0.1) is 0 Å². The molecule has 0 fully saturated rings. The Morgan fingerprint density at radius 1 is 1.04 bits per heavy atom. The normalized spacial score (nSPS) is 24.4. The van der Waals surface area contributed by atoms with E-state index in [2.05, 4.69) is 57.7 Å². The topological polar surface area (TPSA) is 9.23 Å². The summed E-state index contributed by atoms with van der Waals surface area (Å²) < 4.78 is 5.34. The maximum Gasteiger partial charge on any atom is 0.120 e. The number of hydrogen-bond acceptors (Lipinski definition) is 1. The molecule has 2 aromatic rings. The van der Waals surface area contributed by atoms with Crippen LogP contribution in [0.15, 0.2) is 66.8 Å². The number of ether oxygens (including phenoxy) is 1. The number of benzene rings is 2. The molecule has 0 spiro atoms. The molecule has 28 heavy (non-hydrogen) atoms. The van der Waals surface area contributed by atoms with Crippen molar-refractivity contribution >= 4 is 23.2 Å². The van der Waals surface area contributed by atoms with Crippen LogP contribution in [0.1, 0.15) is 43.7 Å². The van der Waals surface area contributed by atoms with Crippen molar-refractivity contribution in [2.45, 2.75) is 32.6 Å². The van der Waals surface area contributed by atoms with Crippen LogP contribution in [0.2, 0.25) is 10.0 Å². The molecular weight excluding hydrogens is 387 g/mol. The molecule has 3 heteroatoms. The van der Waals surface area contributed by atoms with Crippen LogP contribution in [0.3, 0.4) is 0 Å². The molecule has 4 unspecified atom stereocenters. The highest BCUT2D eigenvalue weighted by Gasteiger charge is 2.40. The Balaban J connectivity index is 2.16. The number of rotatable bonds is 5. The third kappa shape index (κ3) is 4.16. The van der Waals surface area contributed by atoms with Crippen LogP contribution in [0.25, 0.3) is 0 Å². The number of allylic oxidation sites excluding steroid dienone is 3. The quantitative estimate of drug-likeness (QED) is 0.451. The van der Waals surface area contributed by atoms with Crippen LogP contribution in [0.4, 0.5) is 0 Å². The van der Waals surface area contributed by atoms with Crippen LogP contribution < -0.4 is 4.74 Å². The molecular formula is C25H28Cl2O. The molecule has 0 amide bonds. The number of hydrogen-bond donors (Lipinski definition) is 0. The van der Waals surface area contributed by atoms with Crippen LogP contribution >= 0.6 is 23.2 Å². The first kappa shape index (κ1) is 21.0. The smallest absolute Gasteiger partial charge is 0.120 e. The minimum absolute atomic E-state index is 0.183. The molecule has 0 saturated carbocycles. The zero-order chi connectivity index (χ0) is 20.4. The Bertz CT molecular complexity index is 867. The standard InChI is InChI=1S/C25H28Cl2O/c1-15(2)20-12-13-22(21-11-10-19(28-5)14-23(21)27)25(24(20)16(3)4)17-6-8-18(26)9-7-17/h6-14,16,20,22,24-25H,1H2,2-5H3. The van der Waals surface area contributed by atoms with Gasteiger partial charge in [-0.2, -0.15) is 0 Å². The molecule has 0 saturated heterocycles. The fourth-order valence-corrected chi connectivity index (χ4v) is 5.01. The summed E-state index contributed by atoms with van der Waals surface area (Å²) in [4.78, 5) is 0. The summed E-state index contributed by atoms with van der Waals surface area (Å²) >= 11 is 12.9. The summed E-state index contributed by atoms with van der Waals surface area (Å²) in [5, 5.41) is 1.50. The number of methoxy groups -OCH3 is 1. The van der Waals surface area contributed by atoms with E-state index < -0.39 is 0 Å². The molecule has 0 bridgehead atoms. The maximum absolute atomic E-state index is 6.69. The third-order valence-corrected chi connectivity index (χ3v) is 6.48. The van der Waals surface area contributed by atoms with Crippen molar-refractivity contribution in [3.05, 3.63) is 87.9 Å². The van der Waals surface area contributed by atoms with Gasteiger partial charge in [0.25, 0.3) is 0 Å². The Morgan fingerprint density at radius 3 is 2.25 bits per heavy atom. The van der Waals surface area contributed by atoms with Gasteiger partial charge in [-0.1, -0.05) is 79.6 Å². The van der Waals surface area contributed by atoms with Crippen molar-refractivity contribution in [3.8, 4) is 5.75 Å². The zero-order valence-corrected chi connectivity index (χ0v) is 18.5. The second kappa shape index (κ2) is 8.76. The highest BCUT2D eigenvalue weighted by Crippen LogP contribution is 2.52. The fourth-order valence-electron chi connectivity index (χ4n) is 4.59. The van der Waals surface area contributed by atoms with Crippen LogP contribution in [0, 0.1) is 17.8 Å². The average Bonchev–Trinajstić information content (AvgIpc) is 2.67. The van der Waals surface area contributed by atoms with Gasteiger partial charge in [0.2, 0.25) is 0 Å². The van der Waals surface area contributed by atoms with Crippen molar-refractivity contribution in [1.29, 1.82) is 0 Å². The van der Waals surface area contributed by atoms with E-state index in [4.69, 9.17) is 27.9 Å². The minimum Gasteiger partial charge on any atom is -0.497 e. The molecule has 4 atom stereocenters. The van der Waals surface area contributed by atoms with Crippen molar-refractivity contribution in [1.82, 2.24) is 0 Å². The average molecular weight is 415 g/mol. The van der Waals surface area contributed by atoms with E-state index in [0.29, 0.717) is 17.8 Å². The lowest BCUT2D eigenvalue weighted by molar-refractivity contribution is 0.241. The van der Waals surface area contributed by atoms with E-state index in [1.54, 1.807) is 7.11 Å². The van der Waals surface area contributed by atoms with E-state index in [1.807, 2.05) is 24.3 Å². The van der Waals surface area contributed by atoms with E-state index in [0.717, 1.165) is 21.4 Å². The first-order chi connectivity index (χ1) is 13.3. The molecule has 0 N–H and O–H groups in total. The molecule has 0 radical (unpaired) electrons. The zero-order valence-electron chi connectivity index (χ0n) is 17.0. The van der Waals surface area contributed by atoms with Crippen molar-refractivity contribution < 1.29 is 4.74 Å². The Labute approximate surface area is 179 Å². The Morgan fingerprint density at radius 2 is 1.71 bits per heavy atom. The highest BCUT2D eigenvalue weighted by molar-refractivity contribution is 6.31. The second-order valence-corrected chi connectivity index (χ2v) is 8.91. The van der Waals surface area contributed by atoms with Gasteiger partial charge >= 0.3 is 0 Å². The molecule has 2 aromatic carbocycles. The summed E-state index contributed by atoms with van der Waals surface area (Å²) in [6.45, 7) is 11.0. The first-order valence-electron chi connectivity index (χ1n) is 9.76.